The third-order valence-electron chi connectivity index (χ3n) is 5.97. The van der Waals surface area contributed by atoms with Crippen molar-refractivity contribution in [3.63, 3.8) is 0 Å². The van der Waals surface area contributed by atoms with E-state index in [1.807, 2.05) is 0 Å². The van der Waals surface area contributed by atoms with Crippen LogP contribution in [0, 0.1) is 11.6 Å². The molecule has 1 heterocycles. The normalized spacial score (nSPS) is 13.4. The zero-order chi connectivity index (χ0) is 29.1. The molecular formula is C28H19F8N3O. The minimum atomic E-state index is -4.99. The Hall–Kier alpha value is -4.48. The lowest BCUT2D eigenvalue weighted by molar-refractivity contribution is -0.138. The molecule has 0 fully saturated rings. The number of hydrogen-bond acceptors (Lipinski definition) is 2. The highest BCUT2D eigenvalue weighted by atomic mass is 19.4. The fraction of sp³-hybridized carbons (Fsp3) is 0.143. The predicted molar refractivity (Wildman–Crippen MR) is 130 cm³/mol. The first kappa shape index (κ1) is 28.5. The molecule has 0 aliphatic rings. The first-order valence-electron chi connectivity index (χ1n) is 11.6. The van der Waals surface area contributed by atoms with Gasteiger partial charge in [-0.15, -0.1) is 0 Å². The summed E-state index contributed by atoms with van der Waals surface area (Å²) in [5.74, 6) is -2.00. The number of pyridine rings is 1. The maximum atomic E-state index is 14.7. The Balaban J connectivity index is 1.93. The second kappa shape index (κ2) is 10.9. The molecule has 208 valence electrons. The van der Waals surface area contributed by atoms with Crippen molar-refractivity contribution in [2.75, 3.05) is 5.32 Å². The standard InChI is InChI=1S/C28H19F8N3O/c29-21-7-4-8-23(14-21)38-25(40)39-26(15-17-5-2-1-3-6-17,24-10-9-18(16-37-24)27(31,32)33)19-11-20(28(34,35)36)13-22(30)12-19/h1-14,16H,15H2,(H2,38,39,40). The number of benzene rings is 3. The first-order chi connectivity index (χ1) is 18.8. The Bertz CT molecular complexity index is 1490. The van der Waals surface area contributed by atoms with E-state index >= 15 is 0 Å². The first-order valence-corrected chi connectivity index (χ1v) is 11.6. The van der Waals surface area contributed by atoms with Gasteiger partial charge in [-0.25, -0.2) is 13.6 Å². The number of alkyl halides is 6. The van der Waals surface area contributed by atoms with Crippen LogP contribution in [0.2, 0.25) is 0 Å². The van der Waals surface area contributed by atoms with Crippen LogP contribution < -0.4 is 10.6 Å². The third kappa shape index (κ3) is 6.56. The van der Waals surface area contributed by atoms with Gasteiger partial charge in [0, 0.05) is 18.3 Å². The van der Waals surface area contributed by atoms with E-state index < -0.39 is 52.2 Å². The minimum Gasteiger partial charge on any atom is -0.322 e. The van der Waals surface area contributed by atoms with Crippen molar-refractivity contribution in [2.24, 2.45) is 0 Å². The summed E-state index contributed by atoms with van der Waals surface area (Å²) in [6.07, 6.45) is -9.65. The van der Waals surface area contributed by atoms with Gasteiger partial charge >= 0.3 is 18.4 Å². The Morgan fingerprint density at radius 3 is 1.98 bits per heavy atom. The summed E-state index contributed by atoms with van der Waals surface area (Å²) in [5.41, 5.74) is -5.01. The summed E-state index contributed by atoms with van der Waals surface area (Å²) in [6, 6.07) is 14.7. The van der Waals surface area contributed by atoms with Crippen molar-refractivity contribution < 1.29 is 39.9 Å². The van der Waals surface area contributed by atoms with Gasteiger partial charge in [-0.1, -0.05) is 36.4 Å². The topological polar surface area (TPSA) is 54.0 Å². The highest BCUT2D eigenvalue weighted by Gasteiger charge is 2.42. The van der Waals surface area contributed by atoms with E-state index in [2.05, 4.69) is 15.6 Å². The Kier molecular flexibility index (Phi) is 7.81. The van der Waals surface area contributed by atoms with Crippen LogP contribution in [0.15, 0.2) is 91.1 Å². The summed E-state index contributed by atoms with van der Waals surface area (Å²) >= 11 is 0. The maximum absolute atomic E-state index is 14.7. The fourth-order valence-electron chi connectivity index (χ4n) is 4.16. The fourth-order valence-corrected chi connectivity index (χ4v) is 4.16. The molecule has 0 radical (unpaired) electrons. The molecule has 12 heteroatoms. The predicted octanol–water partition coefficient (Wildman–Crippen LogP) is 7.71. The summed E-state index contributed by atoms with van der Waals surface area (Å²) in [6.45, 7) is 0. The Labute approximate surface area is 222 Å². The molecule has 1 unspecified atom stereocenters. The number of aromatic nitrogens is 1. The van der Waals surface area contributed by atoms with Crippen LogP contribution in [-0.4, -0.2) is 11.0 Å². The molecule has 4 aromatic rings. The molecule has 4 rings (SSSR count). The Morgan fingerprint density at radius 1 is 0.700 bits per heavy atom. The van der Waals surface area contributed by atoms with Crippen LogP contribution in [0.5, 0.6) is 0 Å². The average molecular weight is 565 g/mol. The number of anilines is 1. The molecule has 0 bridgehead atoms. The molecule has 0 aliphatic carbocycles. The number of amides is 2. The van der Waals surface area contributed by atoms with Gasteiger partial charge in [0.2, 0.25) is 0 Å². The highest BCUT2D eigenvalue weighted by molar-refractivity contribution is 5.90. The van der Waals surface area contributed by atoms with Gasteiger partial charge in [0.05, 0.1) is 16.8 Å². The SMILES string of the molecule is O=C(Nc1cccc(F)c1)NC(Cc1ccccc1)(c1cc(F)cc(C(F)(F)F)c1)c1ccc(C(F)(F)F)cn1. The second-order valence-corrected chi connectivity index (χ2v) is 8.81. The molecule has 3 aromatic carbocycles. The average Bonchev–Trinajstić information content (AvgIpc) is 2.87. The lowest BCUT2D eigenvalue weighted by Gasteiger charge is -2.36. The van der Waals surface area contributed by atoms with Crippen LogP contribution >= 0.6 is 0 Å². The zero-order valence-corrected chi connectivity index (χ0v) is 20.2. The number of carbonyl (C=O) groups excluding carboxylic acids is 1. The second-order valence-electron chi connectivity index (χ2n) is 8.81. The molecular weight excluding hydrogens is 546 g/mol. The molecule has 2 amide bonds. The van der Waals surface area contributed by atoms with Gasteiger partial charge < -0.3 is 10.6 Å². The molecule has 4 nitrogen and oxygen atoms in total. The molecule has 0 spiro atoms. The van der Waals surface area contributed by atoms with Crippen LogP contribution in [0.1, 0.15) is 27.9 Å². The van der Waals surface area contributed by atoms with Gasteiger partial charge in [-0.3, -0.25) is 4.98 Å². The van der Waals surface area contributed by atoms with Crippen LogP contribution in [0.4, 0.5) is 45.6 Å². The minimum absolute atomic E-state index is 0.0262. The molecule has 1 atom stereocenters. The number of rotatable bonds is 6. The Morgan fingerprint density at radius 2 is 1.38 bits per heavy atom. The zero-order valence-electron chi connectivity index (χ0n) is 20.2. The molecule has 1 aromatic heterocycles. The summed E-state index contributed by atoms with van der Waals surface area (Å²) < 4.78 is 109. The van der Waals surface area contributed by atoms with E-state index in [9.17, 15) is 39.9 Å². The molecule has 0 saturated heterocycles. The van der Waals surface area contributed by atoms with E-state index in [1.165, 1.54) is 12.1 Å². The highest BCUT2D eigenvalue weighted by Crippen LogP contribution is 2.38. The van der Waals surface area contributed by atoms with Crippen LogP contribution in [0.25, 0.3) is 0 Å². The van der Waals surface area contributed by atoms with Gasteiger partial charge in [-0.05, 0) is 59.7 Å². The van der Waals surface area contributed by atoms with E-state index in [0.717, 1.165) is 24.3 Å². The molecule has 40 heavy (non-hydrogen) atoms. The number of nitrogens with zero attached hydrogens (tertiary/aromatic N) is 1. The van der Waals surface area contributed by atoms with Gasteiger partial charge in [0.15, 0.2) is 0 Å². The van der Waals surface area contributed by atoms with Crippen molar-refractivity contribution in [1.82, 2.24) is 10.3 Å². The molecule has 2 N–H and O–H groups in total. The van der Waals surface area contributed by atoms with E-state index in [4.69, 9.17) is 0 Å². The van der Waals surface area contributed by atoms with Crippen molar-refractivity contribution in [1.29, 1.82) is 0 Å². The third-order valence-corrected chi connectivity index (χ3v) is 5.97. The van der Waals surface area contributed by atoms with Crippen molar-refractivity contribution in [2.45, 2.75) is 24.3 Å². The van der Waals surface area contributed by atoms with Crippen molar-refractivity contribution in [3.05, 3.63) is 131 Å². The van der Waals surface area contributed by atoms with Gasteiger partial charge in [-0.2, -0.15) is 26.3 Å². The quantitative estimate of drug-likeness (QED) is 0.236. The van der Waals surface area contributed by atoms with E-state index in [0.29, 0.717) is 23.9 Å². The number of nitrogens with one attached hydrogen (secondary N) is 2. The molecule has 0 aliphatic heterocycles. The van der Waals surface area contributed by atoms with Gasteiger partial charge in [0.25, 0.3) is 0 Å². The van der Waals surface area contributed by atoms with Crippen LogP contribution in [0.3, 0.4) is 0 Å². The largest absolute Gasteiger partial charge is 0.417 e. The van der Waals surface area contributed by atoms with Crippen molar-refractivity contribution in [3.8, 4) is 0 Å². The summed E-state index contributed by atoms with van der Waals surface area (Å²) in [4.78, 5) is 17.1. The monoisotopic (exact) mass is 565 g/mol. The summed E-state index contributed by atoms with van der Waals surface area (Å²) in [5, 5.41) is 4.84. The van der Waals surface area contributed by atoms with Crippen LogP contribution in [-0.2, 0) is 24.3 Å². The maximum Gasteiger partial charge on any atom is 0.417 e. The van der Waals surface area contributed by atoms with Crippen molar-refractivity contribution >= 4 is 11.7 Å². The lowest BCUT2D eigenvalue weighted by atomic mass is 9.79. The van der Waals surface area contributed by atoms with E-state index in [1.54, 1.807) is 30.3 Å². The summed E-state index contributed by atoms with van der Waals surface area (Å²) in [7, 11) is 0. The smallest absolute Gasteiger partial charge is 0.322 e. The van der Waals surface area contributed by atoms with E-state index in [-0.39, 0.29) is 23.9 Å². The number of carbonyl (C=O) groups is 1. The molecule has 0 saturated carbocycles. The van der Waals surface area contributed by atoms with Gasteiger partial charge in [0.1, 0.15) is 17.2 Å². The number of halogens is 8. The number of hydrogen-bond donors (Lipinski definition) is 2. The number of urea groups is 1. The lowest BCUT2D eigenvalue weighted by Crippen LogP contribution is -2.51.